The summed E-state index contributed by atoms with van der Waals surface area (Å²) in [5.41, 5.74) is 6.93. The maximum Gasteiger partial charge on any atom is 0.0924 e. The summed E-state index contributed by atoms with van der Waals surface area (Å²) in [4.78, 5) is 5.00. The minimum Gasteiger partial charge on any atom is -0.388 e. The molecule has 1 unspecified atom stereocenters. The van der Waals surface area contributed by atoms with E-state index in [4.69, 9.17) is 11.1 Å². The van der Waals surface area contributed by atoms with Crippen molar-refractivity contribution in [2.45, 2.75) is 25.8 Å². The Morgan fingerprint density at radius 3 is 2.40 bits per heavy atom. The van der Waals surface area contributed by atoms with Crippen LogP contribution in [0.5, 0.6) is 0 Å². The second-order valence-corrected chi connectivity index (χ2v) is 5.53. The largest absolute Gasteiger partial charge is 0.388 e. The molecule has 1 aliphatic rings. The lowest BCUT2D eigenvalue weighted by atomic mass is 10.0. The van der Waals surface area contributed by atoms with Gasteiger partial charge in [0, 0.05) is 38.6 Å². The van der Waals surface area contributed by atoms with Crippen LogP contribution in [0.4, 0.5) is 0 Å². The number of hydrogen-bond acceptors (Lipinski definition) is 3. The van der Waals surface area contributed by atoms with E-state index in [2.05, 4.69) is 41.0 Å². The van der Waals surface area contributed by atoms with Crippen molar-refractivity contribution in [1.29, 1.82) is 5.41 Å². The van der Waals surface area contributed by atoms with Crippen LogP contribution < -0.4 is 5.73 Å². The molecule has 0 spiro atoms. The van der Waals surface area contributed by atoms with Gasteiger partial charge in [0.15, 0.2) is 0 Å². The van der Waals surface area contributed by atoms with E-state index in [-0.39, 0.29) is 11.9 Å². The van der Waals surface area contributed by atoms with Crippen LogP contribution in [0.3, 0.4) is 0 Å². The molecular formula is C16H26N4. The van der Waals surface area contributed by atoms with Crippen LogP contribution >= 0.6 is 0 Å². The van der Waals surface area contributed by atoms with Crippen molar-refractivity contribution >= 4 is 5.84 Å². The number of benzene rings is 1. The van der Waals surface area contributed by atoms with Gasteiger partial charge < -0.3 is 10.6 Å². The SMILES string of the molecule is CCCN1CCN(C(CC(=N)N)c2ccccc2)CC1. The summed E-state index contributed by atoms with van der Waals surface area (Å²) < 4.78 is 0. The Balaban J connectivity index is 2.03. The molecular weight excluding hydrogens is 248 g/mol. The van der Waals surface area contributed by atoms with E-state index in [1.807, 2.05) is 6.07 Å². The third-order valence-electron chi connectivity index (χ3n) is 3.99. The van der Waals surface area contributed by atoms with Crippen LogP contribution in [-0.4, -0.2) is 48.4 Å². The van der Waals surface area contributed by atoms with Crippen molar-refractivity contribution in [2.75, 3.05) is 32.7 Å². The molecule has 110 valence electrons. The zero-order valence-electron chi connectivity index (χ0n) is 12.4. The summed E-state index contributed by atoms with van der Waals surface area (Å²) in [5, 5.41) is 7.64. The van der Waals surface area contributed by atoms with Crippen LogP contribution in [0, 0.1) is 5.41 Å². The molecule has 1 fully saturated rings. The van der Waals surface area contributed by atoms with E-state index in [1.165, 1.54) is 18.5 Å². The molecule has 0 saturated carbocycles. The van der Waals surface area contributed by atoms with Crippen molar-refractivity contribution in [2.24, 2.45) is 5.73 Å². The van der Waals surface area contributed by atoms with Gasteiger partial charge in [-0.3, -0.25) is 10.3 Å². The number of hydrogen-bond donors (Lipinski definition) is 2. The van der Waals surface area contributed by atoms with Crippen molar-refractivity contribution in [3.8, 4) is 0 Å². The molecule has 0 aliphatic carbocycles. The summed E-state index contributed by atoms with van der Waals surface area (Å²) in [7, 11) is 0. The van der Waals surface area contributed by atoms with Crippen molar-refractivity contribution < 1.29 is 0 Å². The van der Waals surface area contributed by atoms with Crippen molar-refractivity contribution in [3.63, 3.8) is 0 Å². The first-order chi connectivity index (χ1) is 9.70. The van der Waals surface area contributed by atoms with Crippen molar-refractivity contribution in [3.05, 3.63) is 35.9 Å². The predicted molar refractivity (Wildman–Crippen MR) is 84.0 cm³/mol. The number of rotatable bonds is 6. The fourth-order valence-corrected chi connectivity index (χ4v) is 2.96. The third kappa shape index (κ3) is 4.05. The van der Waals surface area contributed by atoms with E-state index in [0.29, 0.717) is 6.42 Å². The Hall–Kier alpha value is -1.39. The van der Waals surface area contributed by atoms with E-state index in [0.717, 1.165) is 26.2 Å². The molecule has 1 aromatic carbocycles. The molecule has 2 rings (SSSR count). The molecule has 3 N–H and O–H groups in total. The summed E-state index contributed by atoms with van der Waals surface area (Å²) in [5.74, 6) is 0.273. The van der Waals surface area contributed by atoms with Crippen LogP contribution in [-0.2, 0) is 0 Å². The number of nitrogens with zero attached hydrogens (tertiary/aromatic N) is 2. The van der Waals surface area contributed by atoms with Gasteiger partial charge in [-0.05, 0) is 18.5 Å². The summed E-state index contributed by atoms with van der Waals surface area (Å²) in [6.07, 6.45) is 1.84. The molecule has 1 aliphatic heterocycles. The number of nitrogens with two attached hydrogens (primary N) is 1. The molecule has 0 bridgehead atoms. The molecule has 0 amide bonds. The van der Waals surface area contributed by atoms with Gasteiger partial charge in [0.25, 0.3) is 0 Å². The van der Waals surface area contributed by atoms with Gasteiger partial charge in [-0.2, -0.15) is 0 Å². The summed E-state index contributed by atoms with van der Waals surface area (Å²) in [6.45, 7) is 7.79. The first-order valence-electron chi connectivity index (χ1n) is 7.55. The molecule has 4 heteroatoms. The van der Waals surface area contributed by atoms with Gasteiger partial charge in [0.2, 0.25) is 0 Å². The molecule has 20 heavy (non-hydrogen) atoms. The lowest BCUT2D eigenvalue weighted by Gasteiger charge is -2.39. The minimum absolute atomic E-state index is 0.248. The Morgan fingerprint density at radius 1 is 1.20 bits per heavy atom. The molecule has 1 heterocycles. The average Bonchev–Trinajstić information content (AvgIpc) is 2.47. The highest BCUT2D eigenvalue weighted by Gasteiger charge is 2.25. The van der Waals surface area contributed by atoms with Gasteiger partial charge in [-0.15, -0.1) is 0 Å². The lowest BCUT2D eigenvalue weighted by Crippen LogP contribution is -2.48. The Morgan fingerprint density at radius 2 is 1.85 bits per heavy atom. The number of amidine groups is 1. The maximum absolute atomic E-state index is 7.64. The predicted octanol–water partition coefficient (Wildman–Crippen LogP) is 2.08. The number of nitrogens with one attached hydrogen (secondary N) is 1. The first-order valence-corrected chi connectivity index (χ1v) is 7.55. The van der Waals surface area contributed by atoms with Gasteiger partial charge in [-0.25, -0.2) is 0 Å². The van der Waals surface area contributed by atoms with Gasteiger partial charge in [-0.1, -0.05) is 37.3 Å². The molecule has 0 radical (unpaired) electrons. The summed E-state index contributed by atoms with van der Waals surface area (Å²) >= 11 is 0. The summed E-state index contributed by atoms with van der Waals surface area (Å²) in [6, 6.07) is 10.7. The van der Waals surface area contributed by atoms with Gasteiger partial charge >= 0.3 is 0 Å². The molecule has 1 saturated heterocycles. The zero-order valence-corrected chi connectivity index (χ0v) is 12.4. The quantitative estimate of drug-likeness (QED) is 0.617. The Bertz CT molecular complexity index is 410. The van der Waals surface area contributed by atoms with E-state index in [9.17, 15) is 0 Å². The molecule has 1 atom stereocenters. The fraction of sp³-hybridized carbons (Fsp3) is 0.562. The third-order valence-corrected chi connectivity index (χ3v) is 3.99. The monoisotopic (exact) mass is 274 g/mol. The molecule has 0 aromatic heterocycles. The Kier molecular flexibility index (Phi) is 5.56. The zero-order chi connectivity index (χ0) is 14.4. The van der Waals surface area contributed by atoms with E-state index in [1.54, 1.807) is 0 Å². The first kappa shape index (κ1) is 15.0. The lowest BCUT2D eigenvalue weighted by molar-refractivity contribution is 0.0979. The van der Waals surface area contributed by atoms with Gasteiger partial charge in [0.1, 0.15) is 0 Å². The number of piperazine rings is 1. The van der Waals surface area contributed by atoms with Crippen molar-refractivity contribution in [1.82, 2.24) is 9.80 Å². The smallest absolute Gasteiger partial charge is 0.0924 e. The molecule has 4 nitrogen and oxygen atoms in total. The topological polar surface area (TPSA) is 56.4 Å². The minimum atomic E-state index is 0.248. The second-order valence-electron chi connectivity index (χ2n) is 5.53. The normalized spacial score (nSPS) is 18.9. The highest BCUT2D eigenvalue weighted by Crippen LogP contribution is 2.25. The standard InChI is InChI=1S/C16H26N4/c1-2-8-19-9-11-20(12-10-19)15(13-16(17)18)14-6-4-3-5-7-14/h3-7,15H,2,8-13H2,1H3,(H3,17,18). The van der Waals surface area contributed by atoms with Crippen LogP contribution in [0.25, 0.3) is 0 Å². The van der Waals surface area contributed by atoms with Crippen LogP contribution in [0.1, 0.15) is 31.4 Å². The Labute approximate surface area is 122 Å². The van der Waals surface area contributed by atoms with Crippen LogP contribution in [0.15, 0.2) is 30.3 Å². The average molecular weight is 274 g/mol. The molecule has 1 aromatic rings. The van der Waals surface area contributed by atoms with E-state index >= 15 is 0 Å². The van der Waals surface area contributed by atoms with E-state index < -0.39 is 0 Å². The maximum atomic E-state index is 7.64. The van der Waals surface area contributed by atoms with Crippen LogP contribution in [0.2, 0.25) is 0 Å². The fourth-order valence-electron chi connectivity index (χ4n) is 2.96. The second kappa shape index (κ2) is 7.41. The highest BCUT2D eigenvalue weighted by atomic mass is 15.3. The van der Waals surface area contributed by atoms with Gasteiger partial charge in [0.05, 0.1) is 5.84 Å². The highest BCUT2D eigenvalue weighted by molar-refractivity contribution is 5.77.